The fourth-order valence-corrected chi connectivity index (χ4v) is 3.63. The van der Waals surface area contributed by atoms with E-state index in [1.54, 1.807) is 42.5 Å². The minimum absolute atomic E-state index is 0.131. The first-order valence-corrected chi connectivity index (χ1v) is 7.57. The summed E-state index contributed by atoms with van der Waals surface area (Å²) in [6, 6.07) is 13.6. The van der Waals surface area contributed by atoms with Gasteiger partial charge in [0.15, 0.2) is 5.78 Å². The topological polar surface area (TPSA) is 34.1 Å². The number of hydrogen-bond donors (Lipinski definition) is 0. The average Bonchev–Trinajstić information content (AvgIpc) is 2.39. The van der Waals surface area contributed by atoms with Crippen molar-refractivity contribution in [2.75, 3.05) is 5.75 Å². The largest absolute Gasteiger partial charge is 0.293 e. The molecule has 0 spiro atoms. The number of carbonyl (C=O) groups excluding carboxylic acids is 1. The van der Waals surface area contributed by atoms with Gasteiger partial charge in [-0.25, -0.2) is 0 Å². The summed E-state index contributed by atoms with van der Waals surface area (Å²) in [5.41, 5.74) is 0.527. The maximum atomic E-state index is 12.2. The van der Waals surface area contributed by atoms with Crippen LogP contribution < -0.4 is 0 Å². The van der Waals surface area contributed by atoms with Gasteiger partial charge in [-0.2, -0.15) is 0 Å². The Morgan fingerprint density at radius 1 is 0.947 bits per heavy atom. The molecule has 0 aliphatic heterocycles. The summed E-state index contributed by atoms with van der Waals surface area (Å²) in [7, 11) is -1.55. The minimum Gasteiger partial charge on any atom is -0.293 e. The molecule has 5 heteroatoms. The third-order valence-corrected chi connectivity index (χ3v) is 4.78. The number of halogens is 2. The molecule has 0 saturated carbocycles. The molecule has 2 aromatic carbocycles. The summed E-state index contributed by atoms with van der Waals surface area (Å²) in [6.45, 7) is 0. The molecule has 0 saturated heterocycles. The van der Waals surface area contributed by atoms with Crippen molar-refractivity contribution in [2.24, 2.45) is 0 Å². The average molecular weight is 313 g/mol. The van der Waals surface area contributed by atoms with Gasteiger partial charge in [0.1, 0.15) is 0 Å². The zero-order valence-electron chi connectivity index (χ0n) is 9.81. The first kappa shape index (κ1) is 14.3. The van der Waals surface area contributed by atoms with Crippen molar-refractivity contribution in [3.8, 4) is 0 Å². The van der Waals surface area contributed by atoms with E-state index in [1.807, 2.05) is 6.07 Å². The highest BCUT2D eigenvalue weighted by Crippen LogP contribution is 2.28. The normalized spacial score (nSPS) is 12.1. The van der Waals surface area contributed by atoms with Gasteiger partial charge in [0, 0.05) is 5.56 Å². The summed E-state index contributed by atoms with van der Waals surface area (Å²) in [6.07, 6.45) is 0. The lowest BCUT2D eigenvalue weighted by Gasteiger charge is -2.06. The van der Waals surface area contributed by atoms with E-state index in [0.29, 0.717) is 20.5 Å². The fourth-order valence-electron chi connectivity index (χ4n) is 1.60. The maximum Gasteiger partial charge on any atom is 0.175 e. The van der Waals surface area contributed by atoms with E-state index in [-0.39, 0.29) is 11.5 Å². The highest BCUT2D eigenvalue weighted by molar-refractivity contribution is 7.86. The van der Waals surface area contributed by atoms with Crippen LogP contribution in [-0.2, 0) is 10.8 Å². The molecule has 0 heterocycles. The van der Waals surface area contributed by atoms with Gasteiger partial charge in [0.2, 0.25) is 0 Å². The van der Waals surface area contributed by atoms with Crippen LogP contribution in [0.3, 0.4) is 0 Å². The van der Waals surface area contributed by atoms with E-state index in [4.69, 9.17) is 23.2 Å². The number of hydrogen-bond acceptors (Lipinski definition) is 2. The minimum atomic E-state index is -1.55. The van der Waals surface area contributed by atoms with Gasteiger partial charge < -0.3 is 0 Å². The Morgan fingerprint density at radius 2 is 1.53 bits per heavy atom. The molecule has 1 atom stereocenters. The Hall–Kier alpha value is -1.16. The van der Waals surface area contributed by atoms with Crippen molar-refractivity contribution in [3.05, 3.63) is 64.1 Å². The molecule has 0 amide bonds. The van der Waals surface area contributed by atoms with Gasteiger partial charge in [-0.3, -0.25) is 9.00 Å². The highest BCUT2D eigenvalue weighted by Gasteiger charge is 2.17. The van der Waals surface area contributed by atoms with Crippen molar-refractivity contribution < 1.29 is 9.00 Å². The summed E-state index contributed by atoms with van der Waals surface area (Å²) < 4.78 is 12.2. The van der Waals surface area contributed by atoms with Crippen LogP contribution in [-0.4, -0.2) is 15.7 Å². The number of rotatable bonds is 4. The molecular formula is C14H10Cl2O2S. The Bertz CT molecular complexity index is 606. The van der Waals surface area contributed by atoms with E-state index in [9.17, 15) is 9.00 Å². The second-order valence-corrected chi connectivity index (χ2v) is 6.03. The number of carbonyl (C=O) groups is 1. The van der Waals surface area contributed by atoms with Crippen LogP contribution in [0.1, 0.15) is 10.4 Å². The molecule has 0 N–H and O–H groups in total. The fraction of sp³-hybridized carbons (Fsp3) is 0.0714. The molecule has 19 heavy (non-hydrogen) atoms. The molecule has 2 rings (SSSR count). The van der Waals surface area contributed by atoms with Gasteiger partial charge in [0.05, 0.1) is 31.5 Å². The predicted molar refractivity (Wildman–Crippen MR) is 78.5 cm³/mol. The smallest absolute Gasteiger partial charge is 0.175 e. The zero-order chi connectivity index (χ0) is 13.8. The van der Waals surface area contributed by atoms with E-state index in [0.717, 1.165) is 0 Å². The summed E-state index contributed by atoms with van der Waals surface area (Å²) in [5, 5.41) is 0.624. The van der Waals surface area contributed by atoms with Crippen molar-refractivity contribution in [2.45, 2.75) is 4.90 Å². The second kappa shape index (κ2) is 6.33. The van der Waals surface area contributed by atoms with E-state index in [1.165, 1.54) is 0 Å². The maximum absolute atomic E-state index is 12.2. The molecule has 0 bridgehead atoms. The van der Waals surface area contributed by atoms with Crippen molar-refractivity contribution in [1.29, 1.82) is 0 Å². The SMILES string of the molecule is O=C(CS(=O)c1c(Cl)cccc1Cl)c1ccccc1. The third kappa shape index (κ3) is 3.44. The highest BCUT2D eigenvalue weighted by atomic mass is 35.5. The monoisotopic (exact) mass is 312 g/mol. The zero-order valence-corrected chi connectivity index (χ0v) is 12.1. The van der Waals surface area contributed by atoms with Crippen LogP contribution in [0.25, 0.3) is 0 Å². The first-order valence-electron chi connectivity index (χ1n) is 5.50. The molecule has 0 aliphatic rings. The molecule has 0 fully saturated rings. The lowest BCUT2D eigenvalue weighted by atomic mass is 10.2. The van der Waals surface area contributed by atoms with Crippen LogP contribution in [0.4, 0.5) is 0 Å². The first-order chi connectivity index (χ1) is 9.09. The molecular weight excluding hydrogens is 303 g/mol. The summed E-state index contributed by atoms with van der Waals surface area (Å²) >= 11 is 11.9. The van der Waals surface area contributed by atoms with Crippen LogP contribution >= 0.6 is 23.2 Å². The van der Waals surface area contributed by atoms with Crippen LogP contribution in [0.2, 0.25) is 10.0 Å². The van der Waals surface area contributed by atoms with Crippen LogP contribution in [0, 0.1) is 0 Å². The summed E-state index contributed by atoms with van der Waals surface area (Å²) in [4.78, 5) is 12.3. The van der Waals surface area contributed by atoms with Gasteiger partial charge >= 0.3 is 0 Å². The van der Waals surface area contributed by atoms with Gasteiger partial charge in [-0.1, -0.05) is 59.6 Å². The van der Waals surface area contributed by atoms with E-state index >= 15 is 0 Å². The van der Waals surface area contributed by atoms with Crippen molar-refractivity contribution in [1.82, 2.24) is 0 Å². The lowest BCUT2D eigenvalue weighted by Crippen LogP contribution is -2.11. The van der Waals surface area contributed by atoms with Crippen molar-refractivity contribution >= 4 is 39.8 Å². The second-order valence-electron chi connectivity index (χ2n) is 3.83. The third-order valence-electron chi connectivity index (χ3n) is 2.50. The Morgan fingerprint density at radius 3 is 2.11 bits per heavy atom. The Balaban J connectivity index is 2.21. The van der Waals surface area contributed by atoms with E-state index in [2.05, 4.69) is 0 Å². The summed E-state index contributed by atoms with van der Waals surface area (Å²) in [5.74, 6) is -0.331. The molecule has 2 nitrogen and oxygen atoms in total. The molecule has 0 radical (unpaired) electrons. The Labute approximate surface area is 123 Å². The van der Waals surface area contributed by atoms with E-state index < -0.39 is 10.8 Å². The lowest BCUT2D eigenvalue weighted by molar-refractivity contribution is 0.102. The van der Waals surface area contributed by atoms with Gasteiger partial charge in [-0.05, 0) is 12.1 Å². The standard InChI is InChI=1S/C14H10Cl2O2S/c15-11-7-4-8-12(16)14(11)19(18)9-13(17)10-5-2-1-3-6-10/h1-8H,9H2. The van der Waals surface area contributed by atoms with Crippen molar-refractivity contribution in [3.63, 3.8) is 0 Å². The molecule has 2 aromatic rings. The molecule has 0 aromatic heterocycles. The van der Waals surface area contributed by atoms with Gasteiger partial charge in [0.25, 0.3) is 0 Å². The number of Topliss-reactive ketones (excluding diaryl/α,β-unsaturated/α-hetero) is 1. The molecule has 1 unspecified atom stereocenters. The molecule has 98 valence electrons. The molecule has 0 aliphatic carbocycles. The van der Waals surface area contributed by atoms with Crippen LogP contribution in [0.15, 0.2) is 53.4 Å². The Kier molecular flexibility index (Phi) is 4.75. The number of ketones is 1. The quantitative estimate of drug-likeness (QED) is 0.800. The number of benzene rings is 2. The van der Waals surface area contributed by atoms with Crippen LogP contribution in [0.5, 0.6) is 0 Å². The predicted octanol–water partition coefficient (Wildman–Crippen LogP) is 3.98. The van der Waals surface area contributed by atoms with Gasteiger partial charge in [-0.15, -0.1) is 0 Å².